The van der Waals surface area contributed by atoms with E-state index in [9.17, 15) is 14.0 Å². The van der Waals surface area contributed by atoms with Gasteiger partial charge in [0.15, 0.2) is 0 Å². The Hall–Kier alpha value is -4.50. The lowest BCUT2D eigenvalue weighted by Crippen LogP contribution is -2.47. The number of halogens is 1. The minimum absolute atomic E-state index is 0.00620. The lowest BCUT2D eigenvalue weighted by atomic mass is 10.0. The number of rotatable bonds is 9. The molecule has 0 spiro atoms. The lowest BCUT2D eigenvalue weighted by Gasteiger charge is -2.30. The standard InChI is InChI=1S/C32H35FN6O2/c1-3-29(40)35-19-23-8-6-22(7-9-23)18-27(34)32(41)38-16-17-39-28(20-38)37-30(24-10-12-25(33)13-11-24)31(39)36-26-14-4-21(2)5-15-26/h4-15,27,36H,3,16-20,34H2,1-2H3,(H,35,40)/t27-/m0/s1. The molecule has 1 aliphatic heterocycles. The summed E-state index contributed by atoms with van der Waals surface area (Å²) in [5, 5.41) is 6.36. The summed E-state index contributed by atoms with van der Waals surface area (Å²) in [4.78, 5) is 31.5. The zero-order valence-corrected chi connectivity index (χ0v) is 23.4. The molecule has 212 valence electrons. The van der Waals surface area contributed by atoms with Crippen LogP contribution in [0.2, 0.25) is 0 Å². The summed E-state index contributed by atoms with van der Waals surface area (Å²) >= 11 is 0. The molecule has 0 saturated heterocycles. The topological polar surface area (TPSA) is 105 Å². The smallest absolute Gasteiger partial charge is 0.240 e. The molecular weight excluding hydrogens is 519 g/mol. The molecule has 0 aliphatic carbocycles. The Morgan fingerprint density at radius 3 is 2.34 bits per heavy atom. The van der Waals surface area contributed by atoms with Crippen LogP contribution in [0.25, 0.3) is 11.3 Å². The van der Waals surface area contributed by atoms with Gasteiger partial charge in [-0.1, -0.05) is 48.9 Å². The van der Waals surface area contributed by atoms with Gasteiger partial charge in [-0.15, -0.1) is 0 Å². The SMILES string of the molecule is CCC(=O)NCc1ccc(C[C@H](N)C(=O)N2CCn3c(nc(-c4ccc(F)cc4)c3Nc3ccc(C)cc3)C2)cc1. The molecule has 41 heavy (non-hydrogen) atoms. The zero-order valence-electron chi connectivity index (χ0n) is 23.4. The van der Waals surface area contributed by atoms with Crippen LogP contribution < -0.4 is 16.4 Å². The highest BCUT2D eigenvalue weighted by molar-refractivity contribution is 5.82. The normalized spacial score (nSPS) is 13.4. The Labute approximate surface area is 239 Å². The minimum Gasteiger partial charge on any atom is -0.352 e. The Morgan fingerprint density at radius 2 is 1.66 bits per heavy atom. The van der Waals surface area contributed by atoms with E-state index in [1.807, 2.05) is 62.4 Å². The molecule has 3 aromatic carbocycles. The van der Waals surface area contributed by atoms with Crippen molar-refractivity contribution < 1.29 is 14.0 Å². The van der Waals surface area contributed by atoms with E-state index in [4.69, 9.17) is 10.7 Å². The van der Waals surface area contributed by atoms with Gasteiger partial charge in [0.2, 0.25) is 11.8 Å². The van der Waals surface area contributed by atoms with Crippen LogP contribution in [0.3, 0.4) is 0 Å². The number of aromatic nitrogens is 2. The van der Waals surface area contributed by atoms with E-state index >= 15 is 0 Å². The second-order valence-electron chi connectivity index (χ2n) is 10.4. The number of carbonyl (C=O) groups excluding carboxylic acids is 2. The molecule has 0 fully saturated rings. The number of hydrogen-bond acceptors (Lipinski definition) is 5. The number of aryl methyl sites for hydroxylation is 1. The number of nitrogens with zero attached hydrogens (tertiary/aromatic N) is 3. The fourth-order valence-corrected chi connectivity index (χ4v) is 4.92. The van der Waals surface area contributed by atoms with Crippen LogP contribution in [0.1, 0.15) is 35.9 Å². The third-order valence-electron chi connectivity index (χ3n) is 7.32. The van der Waals surface area contributed by atoms with Crippen molar-refractivity contribution in [1.29, 1.82) is 0 Å². The summed E-state index contributed by atoms with van der Waals surface area (Å²) in [6, 6.07) is 21.5. The molecule has 4 aromatic rings. The highest BCUT2D eigenvalue weighted by atomic mass is 19.1. The summed E-state index contributed by atoms with van der Waals surface area (Å²) in [6.45, 7) is 5.70. The van der Waals surface area contributed by atoms with E-state index in [0.717, 1.165) is 39.6 Å². The van der Waals surface area contributed by atoms with Crippen LogP contribution in [0.4, 0.5) is 15.9 Å². The molecule has 2 heterocycles. The molecule has 0 bridgehead atoms. The average Bonchev–Trinajstić information content (AvgIpc) is 3.35. The first-order valence-corrected chi connectivity index (χ1v) is 13.9. The Bertz CT molecular complexity index is 1510. The Morgan fingerprint density at radius 1 is 0.976 bits per heavy atom. The maximum absolute atomic E-state index is 13.7. The number of imidazole rings is 1. The van der Waals surface area contributed by atoms with E-state index in [1.54, 1.807) is 17.0 Å². The summed E-state index contributed by atoms with van der Waals surface area (Å²) in [5.74, 6) is 1.11. The number of nitrogens with one attached hydrogen (secondary N) is 2. The van der Waals surface area contributed by atoms with Gasteiger partial charge in [0.1, 0.15) is 23.2 Å². The molecule has 0 radical (unpaired) electrons. The maximum atomic E-state index is 13.7. The number of benzene rings is 3. The van der Waals surface area contributed by atoms with Crippen molar-refractivity contribution in [2.45, 2.75) is 52.4 Å². The molecule has 5 rings (SSSR count). The van der Waals surface area contributed by atoms with Crippen molar-refractivity contribution in [2.75, 3.05) is 11.9 Å². The van der Waals surface area contributed by atoms with Gasteiger partial charge in [-0.3, -0.25) is 9.59 Å². The van der Waals surface area contributed by atoms with Crippen molar-refractivity contribution in [3.63, 3.8) is 0 Å². The molecule has 4 N–H and O–H groups in total. The molecule has 0 unspecified atom stereocenters. The highest BCUT2D eigenvalue weighted by Gasteiger charge is 2.29. The van der Waals surface area contributed by atoms with Gasteiger partial charge in [-0.2, -0.15) is 0 Å². The van der Waals surface area contributed by atoms with Gasteiger partial charge in [-0.05, 0) is 60.9 Å². The first-order valence-electron chi connectivity index (χ1n) is 13.9. The largest absolute Gasteiger partial charge is 0.352 e. The quantitative estimate of drug-likeness (QED) is 0.279. The van der Waals surface area contributed by atoms with Gasteiger partial charge in [0.05, 0.1) is 12.6 Å². The third kappa shape index (κ3) is 6.63. The van der Waals surface area contributed by atoms with Crippen molar-refractivity contribution in [3.05, 3.63) is 101 Å². The molecule has 2 amide bonds. The second-order valence-corrected chi connectivity index (χ2v) is 10.4. The predicted molar refractivity (Wildman–Crippen MR) is 158 cm³/mol. The van der Waals surface area contributed by atoms with Crippen LogP contribution in [-0.2, 0) is 35.6 Å². The molecular formula is C32H35FN6O2. The van der Waals surface area contributed by atoms with Crippen molar-refractivity contribution in [3.8, 4) is 11.3 Å². The van der Waals surface area contributed by atoms with E-state index in [1.165, 1.54) is 12.1 Å². The number of amides is 2. The zero-order chi connectivity index (χ0) is 28.9. The van der Waals surface area contributed by atoms with Crippen LogP contribution >= 0.6 is 0 Å². The van der Waals surface area contributed by atoms with Crippen molar-refractivity contribution in [2.24, 2.45) is 5.73 Å². The minimum atomic E-state index is -0.691. The average molecular weight is 555 g/mol. The van der Waals surface area contributed by atoms with Gasteiger partial charge in [0, 0.05) is 37.3 Å². The van der Waals surface area contributed by atoms with E-state index in [-0.39, 0.29) is 17.6 Å². The van der Waals surface area contributed by atoms with Gasteiger partial charge >= 0.3 is 0 Å². The van der Waals surface area contributed by atoms with Crippen LogP contribution in [0.5, 0.6) is 0 Å². The molecule has 1 aliphatic rings. The van der Waals surface area contributed by atoms with Gasteiger partial charge in [0.25, 0.3) is 0 Å². The number of anilines is 2. The van der Waals surface area contributed by atoms with Crippen LogP contribution in [-0.4, -0.2) is 38.9 Å². The summed E-state index contributed by atoms with van der Waals surface area (Å²) < 4.78 is 15.8. The maximum Gasteiger partial charge on any atom is 0.240 e. The third-order valence-corrected chi connectivity index (χ3v) is 7.32. The van der Waals surface area contributed by atoms with Gasteiger partial charge < -0.3 is 25.8 Å². The molecule has 9 heteroatoms. The predicted octanol–water partition coefficient (Wildman–Crippen LogP) is 4.68. The lowest BCUT2D eigenvalue weighted by molar-refractivity contribution is -0.134. The van der Waals surface area contributed by atoms with Crippen molar-refractivity contribution >= 4 is 23.3 Å². The van der Waals surface area contributed by atoms with E-state index in [2.05, 4.69) is 15.2 Å². The fraction of sp³-hybridized carbons (Fsp3) is 0.281. The highest BCUT2D eigenvalue weighted by Crippen LogP contribution is 2.33. The first-order chi connectivity index (χ1) is 19.8. The summed E-state index contributed by atoms with van der Waals surface area (Å²) in [5.41, 5.74) is 11.9. The molecule has 1 aromatic heterocycles. The Kier molecular flexibility index (Phi) is 8.45. The summed E-state index contributed by atoms with van der Waals surface area (Å²) in [7, 11) is 0. The molecule has 1 atom stereocenters. The monoisotopic (exact) mass is 554 g/mol. The molecule has 8 nitrogen and oxygen atoms in total. The number of fused-ring (bicyclic) bond motifs is 1. The van der Waals surface area contributed by atoms with Crippen LogP contribution in [0.15, 0.2) is 72.8 Å². The van der Waals surface area contributed by atoms with Crippen LogP contribution in [0, 0.1) is 12.7 Å². The number of nitrogens with two attached hydrogens (primary N) is 1. The van der Waals surface area contributed by atoms with Gasteiger partial charge in [-0.25, -0.2) is 9.37 Å². The Balaban J connectivity index is 1.31. The fourth-order valence-electron chi connectivity index (χ4n) is 4.92. The second kappa shape index (κ2) is 12.3. The van der Waals surface area contributed by atoms with Crippen molar-refractivity contribution in [1.82, 2.24) is 19.8 Å². The number of hydrogen-bond donors (Lipinski definition) is 3. The first kappa shape index (κ1) is 28.0. The van der Waals surface area contributed by atoms with E-state index < -0.39 is 6.04 Å². The van der Waals surface area contributed by atoms with E-state index in [0.29, 0.717) is 44.7 Å². The molecule has 0 saturated carbocycles. The summed E-state index contributed by atoms with van der Waals surface area (Å²) in [6.07, 6.45) is 0.857. The number of carbonyl (C=O) groups is 2.